The molecule has 5 nitrogen and oxygen atoms in total. The first-order valence-electron chi connectivity index (χ1n) is 5.20. The van der Waals surface area contributed by atoms with E-state index in [1.165, 1.54) is 0 Å². The zero-order valence-corrected chi connectivity index (χ0v) is 9.93. The fraction of sp³-hybridized carbons (Fsp3) is 0.250. The molecule has 2 aromatic rings. The minimum Gasteiger partial charge on any atom is -0.493 e. The van der Waals surface area contributed by atoms with Crippen LogP contribution in [0, 0.1) is 0 Å². The Morgan fingerprint density at radius 2 is 2.00 bits per heavy atom. The van der Waals surface area contributed by atoms with Gasteiger partial charge in [0.2, 0.25) is 5.95 Å². The van der Waals surface area contributed by atoms with Gasteiger partial charge < -0.3 is 19.8 Å². The highest BCUT2D eigenvalue weighted by molar-refractivity contribution is 5.82. The molecule has 1 aromatic carbocycles. The summed E-state index contributed by atoms with van der Waals surface area (Å²) in [5, 5.41) is 0. The summed E-state index contributed by atoms with van der Waals surface area (Å²) in [7, 11) is 3.19. The Morgan fingerprint density at radius 3 is 2.59 bits per heavy atom. The van der Waals surface area contributed by atoms with Crippen LogP contribution in [0.25, 0.3) is 11.0 Å². The van der Waals surface area contributed by atoms with Crippen molar-refractivity contribution in [2.24, 2.45) is 0 Å². The number of allylic oxidation sites excluding steroid dienone is 1. The van der Waals surface area contributed by atoms with Crippen molar-refractivity contribution in [1.29, 1.82) is 0 Å². The minimum absolute atomic E-state index is 0.454. The topological polar surface area (TPSA) is 62.3 Å². The molecule has 0 aliphatic carbocycles. The molecule has 0 atom stereocenters. The molecular formula is C12H15N3O2. The van der Waals surface area contributed by atoms with Crippen LogP contribution in [-0.4, -0.2) is 23.8 Å². The number of anilines is 1. The third-order valence-electron chi connectivity index (χ3n) is 2.59. The molecule has 0 radical (unpaired) electrons. The lowest BCUT2D eigenvalue weighted by Crippen LogP contribution is -2.01. The van der Waals surface area contributed by atoms with Gasteiger partial charge in [0.25, 0.3) is 0 Å². The van der Waals surface area contributed by atoms with E-state index >= 15 is 0 Å². The van der Waals surface area contributed by atoms with Crippen molar-refractivity contribution in [3.63, 3.8) is 0 Å². The van der Waals surface area contributed by atoms with Crippen LogP contribution in [0.3, 0.4) is 0 Å². The highest BCUT2D eigenvalue weighted by atomic mass is 16.5. The van der Waals surface area contributed by atoms with Gasteiger partial charge in [0, 0.05) is 18.7 Å². The van der Waals surface area contributed by atoms with E-state index in [4.69, 9.17) is 15.2 Å². The number of aromatic nitrogens is 2. The molecule has 2 rings (SSSR count). The van der Waals surface area contributed by atoms with Crippen LogP contribution < -0.4 is 15.2 Å². The Balaban J connectivity index is 2.69. The molecule has 5 heteroatoms. The summed E-state index contributed by atoms with van der Waals surface area (Å²) in [6, 6.07) is 3.67. The number of hydrogen-bond donors (Lipinski definition) is 1. The van der Waals surface area contributed by atoms with Crippen LogP contribution >= 0.6 is 0 Å². The fourth-order valence-corrected chi connectivity index (χ4v) is 1.79. The Labute approximate surface area is 99.5 Å². The van der Waals surface area contributed by atoms with Crippen molar-refractivity contribution in [2.45, 2.75) is 6.54 Å². The second-order valence-corrected chi connectivity index (χ2v) is 3.57. The number of nitrogen functional groups attached to an aromatic ring is 1. The monoisotopic (exact) mass is 233 g/mol. The van der Waals surface area contributed by atoms with E-state index in [9.17, 15) is 0 Å². The van der Waals surface area contributed by atoms with Crippen LogP contribution in [0.5, 0.6) is 11.5 Å². The number of methoxy groups -OCH3 is 2. The molecule has 0 unspecified atom stereocenters. The Kier molecular flexibility index (Phi) is 2.91. The van der Waals surface area contributed by atoms with Gasteiger partial charge >= 0.3 is 0 Å². The van der Waals surface area contributed by atoms with Crippen LogP contribution in [0.1, 0.15) is 0 Å². The third-order valence-corrected chi connectivity index (χ3v) is 2.59. The first-order valence-corrected chi connectivity index (χ1v) is 5.20. The van der Waals surface area contributed by atoms with Gasteiger partial charge in [0.1, 0.15) is 0 Å². The van der Waals surface area contributed by atoms with Crippen LogP contribution in [0.2, 0.25) is 0 Å². The average molecular weight is 233 g/mol. The summed E-state index contributed by atoms with van der Waals surface area (Å²) in [6.45, 7) is 4.31. The van der Waals surface area contributed by atoms with Crippen molar-refractivity contribution in [3.8, 4) is 11.5 Å². The van der Waals surface area contributed by atoms with Crippen LogP contribution in [0.4, 0.5) is 5.95 Å². The number of rotatable bonds is 4. The quantitative estimate of drug-likeness (QED) is 0.818. The van der Waals surface area contributed by atoms with Gasteiger partial charge in [-0.3, -0.25) is 0 Å². The number of imidazole rings is 1. The molecular weight excluding hydrogens is 218 g/mol. The number of benzene rings is 1. The van der Waals surface area contributed by atoms with Gasteiger partial charge in [-0.1, -0.05) is 6.08 Å². The number of fused-ring (bicyclic) bond motifs is 1. The normalized spacial score (nSPS) is 10.5. The molecule has 1 aromatic heterocycles. The van der Waals surface area contributed by atoms with Crippen molar-refractivity contribution in [1.82, 2.24) is 9.55 Å². The van der Waals surface area contributed by atoms with Crippen molar-refractivity contribution in [3.05, 3.63) is 24.8 Å². The Bertz CT molecular complexity index is 560. The third kappa shape index (κ3) is 1.80. The highest BCUT2D eigenvalue weighted by Crippen LogP contribution is 2.32. The van der Waals surface area contributed by atoms with E-state index in [2.05, 4.69) is 11.6 Å². The molecule has 0 saturated heterocycles. The molecule has 17 heavy (non-hydrogen) atoms. The molecule has 0 aliphatic rings. The van der Waals surface area contributed by atoms with Gasteiger partial charge in [-0.2, -0.15) is 0 Å². The van der Waals surface area contributed by atoms with Gasteiger partial charge in [-0.05, 0) is 0 Å². The summed E-state index contributed by atoms with van der Waals surface area (Å²) >= 11 is 0. The predicted molar refractivity (Wildman–Crippen MR) is 67.4 cm³/mol. The van der Waals surface area contributed by atoms with E-state index < -0.39 is 0 Å². The van der Waals surface area contributed by atoms with Gasteiger partial charge in [-0.15, -0.1) is 6.58 Å². The summed E-state index contributed by atoms with van der Waals surface area (Å²) < 4.78 is 12.3. The van der Waals surface area contributed by atoms with E-state index in [-0.39, 0.29) is 0 Å². The lowest BCUT2D eigenvalue weighted by atomic mass is 10.2. The molecule has 1 heterocycles. The van der Waals surface area contributed by atoms with Gasteiger partial charge in [0.05, 0.1) is 25.3 Å². The Morgan fingerprint density at radius 1 is 1.35 bits per heavy atom. The molecule has 0 aliphatic heterocycles. The van der Waals surface area contributed by atoms with Gasteiger partial charge in [-0.25, -0.2) is 4.98 Å². The minimum atomic E-state index is 0.454. The van der Waals surface area contributed by atoms with Crippen LogP contribution in [-0.2, 0) is 6.54 Å². The maximum Gasteiger partial charge on any atom is 0.201 e. The number of hydrogen-bond acceptors (Lipinski definition) is 4. The molecule has 0 saturated carbocycles. The molecule has 2 N–H and O–H groups in total. The highest BCUT2D eigenvalue weighted by Gasteiger charge is 2.12. The van der Waals surface area contributed by atoms with Crippen molar-refractivity contribution >= 4 is 17.0 Å². The standard InChI is InChI=1S/C12H15N3O2/c1-4-5-15-9-7-11(17-3)10(16-2)6-8(9)14-12(15)13/h4,6-7H,1,5H2,2-3H3,(H2,13,14). The number of ether oxygens (including phenoxy) is 2. The van der Waals surface area contributed by atoms with Crippen molar-refractivity contribution in [2.75, 3.05) is 20.0 Å². The summed E-state index contributed by atoms with van der Waals surface area (Å²) in [5.41, 5.74) is 7.53. The Hall–Kier alpha value is -2.17. The van der Waals surface area contributed by atoms with Crippen molar-refractivity contribution < 1.29 is 9.47 Å². The number of nitrogens with two attached hydrogens (primary N) is 1. The van der Waals surface area contributed by atoms with Gasteiger partial charge in [0.15, 0.2) is 11.5 Å². The summed E-state index contributed by atoms with van der Waals surface area (Å²) in [4.78, 5) is 4.27. The lowest BCUT2D eigenvalue weighted by Gasteiger charge is -2.08. The second kappa shape index (κ2) is 4.37. The maximum atomic E-state index is 5.84. The lowest BCUT2D eigenvalue weighted by molar-refractivity contribution is 0.355. The van der Waals surface area contributed by atoms with E-state index in [1.807, 2.05) is 16.7 Å². The van der Waals surface area contributed by atoms with E-state index in [0.717, 1.165) is 11.0 Å². The molecule has 0 bridgehead atoms. The van der Waals surface area contributed by atoms with E-state index in [1.54, 1.807) is 20.3 Å². The van der Waals surface area contributed by atoms with Crippen LogP contribution in [0.15, 0.2) is 24.8 Å². The zero-order chi connectivity index (χ0) is 12.4. The number of nitrogens with zero attached hydrogens (tertiary/aromatic N) is 2. The average Bonchev–Trinajstić information content (AvgIpc) is 2.64. The first kappa shape index (κ1) is 11.3. The molecule has 0 amide bonds. The SMILES string of the molecule is C=CCn1c(N)nc2cc(OC)c(OC)cc21. The summed E-state index contributed by atoms with van der Waals surface area (Å²) in [5.74, 6) is 1.75. The zero-order valence-electron chi connectivity index (χ0n) is 9.93. The van der Waals surface area contributed by atoms with E-state index in [0.29, 0.717) is 24.0 Å². The predicted octanol–water partition coefficient (Wildman–Crippen LogP) is 1.82. The first-order chi connectivity index (χ1) is 8.21. The maximum absolute atomic E-state index is 5.84. The molecule has 0 fully saturated rings. The molecule has 0 spiro atoms. The smallest absolute Gasteiger partial charge is 0.201 e. The molecule has 90 valence electrons. The largest absolute Gasteiger partial charge is 0.493 e. The second-order valence-electron chi connectivity index (χ2n) is 3.57. The summed E-state index contributed by atoms with van der Waals surface area (Å²) in [6.07, 6.45) is 1.77. The fourth-order valence-electron chi connectivity index (χ4n) is 1.79.